The topological polar surface area (TPSA) is 50.4 Å². The summed E-state index contributed by atoms with van der Waals surface area (Å²) < 4.78 is 5.58. The average Bonchev–Trinajstić information content (AvgIpc) is 2.55. The van der Waals surface area contributed by atoms with E-state index in [4.69, 9.17) is 17.0 Å². The minimum absolute atomic E-state index is 0.250. The predicted molar refractivity (Wildman–Crippen MR) is 102 cm³/mol. The second kappa shape index (κ2) is 9.03. The van der Waals surface area contributed by atoms with Crippen molar-refractivity contribution in [2.24, 2.45) is 0 Å². The Kier molecular flexibility index (Phi) is 6.75. The molecule has 0 aromatic heterocycles. The first-order valence-electron chi connectivity index (χ1n) is 8.00. The Balaban J connectivity index is 1.88. The molecule has 4 nitrogen and oxygen atoms in total. The zero-order valence-corrected chi connectivity index (χ0v) is 14.8. The molecule has 0 unspecified atom stereocenters. The largest absolute Gasteiger partial charge is 0.494 e. The third-order valence-corrected chi connectivity index (χ3v) is 3.59. The molecule has 0 saturated carbocycles. The van der Waals surface area contributed by atoms with Gasteiger partial charge in [0, 0.05) is 11.3 Å². The lowest BCUT2D eigenvalue weighted by Crippen LogP contribution is -2.34. The van der Waals surface area contributed by atoms with Crippen LogP contribution >= 0.6 is 12.2 Å². The maximum Gasteiger partial charge on any atom is 0.257 e. The van der Waals surface area contributed by atoms with Gasteiger partial charge in [0.05, 0.1) is 6.61 Å². The van der Waals surface area contributed by atoms with Gasteiger partial charge in [-0.15, -0.1) is 0 Å². The summed E-state index contributed by atoms with van der Waals surface area (Å²) in [5.74, 6) is 0.515. The van der Waals surface area contributed by atoms with Crippen molar-refractivity contribution in [1.29, 1.82) is 0 Å². The molecule has 0 aliphatic heterocycles. The van der Waals surface area contributed by atoms with Gasteiger partial charge in [-0.05, 0) is 67.5 Å². The molecular formula is C19H22N2O2S. The molecule has 5 heteroatoms. The highest BCUT2D eigenvalue weighted by Gasteiger charge is 2.08. The minimum Gasteiger partial charge on any atom is -0.494 e. The second-order valence-electron chi connectivity index (χ2n) is 5.50. The first-order chi connectivity index (χ1) is 11.6. The summed E-state index contributed by atoms with van der Waals surface area (Å²) in [5, 5.41) is 5.95. The van der Waals surface area contributed by atoms with Gasteiger partial charge in [0.15, 0.2) is 5.11 Å². The summed E-state index contributed by atoms with van der Waals surface area (Å²) >= 11 is 5.18. The van der Waals surface area contributed by atoms with Gasteiger partial charge in [-0.3, -0.25) is 10.1 Å². The van der Waals surface area contributed by atoms with Crippen LogP contribution in [0.3, 0.4) is 0 Å². The van der Waals surface area contributed by atoms with Crippen molar-refractivity contribution in [3.05, 3.63) is 59.7 Å². The molecule has 2 rings (SSSR count). The Hall–Kier alpha value is -2.40. The molecule has 0 fully saturated rings. The highest BCUT2D eigenvalue weighted by atomic mass is 32.1. The number of hydrogen-bond donors (Lipinski definition) is 2. The number of hydrogen-bond acceptors (Lipinski definition) is 3. The van der Waals surface area contributed by atoms with Crippen LogP contribution in [0.5, 0.6) is 5.75 Å². The number of unbranched alkanes of at least 4 members (excludes halogenated alkanes) is 1. The van der Waals surface area contributed by atoms with Crippen molar-refractivity contribution in [1.82, 2.24) is 5.32 Å². The number of rotatable bonds is 6. The fourth-order valence-corrected chi connectivity index (χ4v) is 2.31. The van der Waals surface area contributed by atoms with E-state index >= 15 is 0 Å². The lowest BCUT2D eigenvalue weighted by atomic mass is 10.2. The van der Waals surface area contributed by atoms with E-state index in [9.17, 15) is 4.79 Å². The highest BCUT2D eigenvalue weighted by molar-refractivity contribution is 7.80. The van der Waals surface area contributed by atoms with E-state index in [1.807, 2.05) is 31.2 Å². The fraction of sp³-hybridized carbons (Fsp3) is 0.263. The Morgan fingerprint density at radius 3 is 2.58 bits per heavy atom. The molecule has 0 bridgehead atoms. The molecule has 0 atom stereocenters. The van der Waals surface area contributed by atoms with Crippen molar-refractivity contribution in [2.45, 2.75) is 26.7 Å². The number of benzene rings is 2. The number of amides is 1. The summed E-state index contributed by atoms with van der Waals surface area (Å²) in [7, 11) is 0. The number of carbonyl (C=O) groups is 1. The summed E-state index contributed by atoms with van der Waals surface area (Å²) in [6.07, 6.45) is 2.10. The van der Waals surface area contributed by atoms with Crippen LogP contribution in [-0.2, 0) is 0 Å². The van der Waals surface area contributed by atoms with E-state index < -0.39 is 0 Å². The van der Waals surface area contributed by atoms with Gasteiger partial charge in [-0.25, -0.2) is 0 Å². The maximum atomic E-state index is 12.2. The number of carbonyl (C=O) groups excluding carboxylic acids is 1. The van der Waals surface area contributed by atoms with Crippen LogP contribution in [0, 0.1) is 6.92 Å². The number of anilines is 1. The molecule has 0 saturated heterocycles. The molecule has 0 aliphatic carbocycles. The smallest absolute Gasteiger partial charge is 0.257 e. The molecule has 0 heterocycles. The second-order valence-corrected chi connectivity index (χ2v) is 5.91. The Bertz CT molecular complexity index is 699. The molecular weight excluding hydrogens is 320 g/mol. The Labute approximate surface area is 148 Å². The number of thiocarbonyl (C=S) groups is 1. The van der Waals surface area contributed by atoms with Gasteiger partial charge < -0.3 is 10.1 Å². The zero-order chi connectivity index (χ0) is 17.4. The van der Waals surface area contributed by atoms with Gasteiger partial charge in [-0.1, -0.05) is 25.5 Å². The van der Waals surface area contributed by atoms with Crippen LogP contribution in [0.15, 0.2) is 48.5 Å². The van der Waals surface area contributed by atoms with Crippen LogP contribution in [0.4, 0.5) is 5.69 Å². The van der Waals surface area contributed by atoms with Crippen molar-refractivity contribution in [3.63, 3.8) is 0 Å². The predicted octanol–water partition coefficient (Wildman–Crippen LogP) is 4.30. The molecule has 0 spiro atoms. The molecule has 2 aromatic carbocycles. The minimum atomic E-state index is -0.250. The first-order valence-corrected chi connectivity index (χ1v) is 8.41. The quantitative estimate of drug-likeness (QED) is 0.607. The third kappa shape index (κ3) is 5.66. The summed E-state index contributed by atoms with van der Waals surface area (Å²) in [6.45, 7) is 4.80. The molecule has 0 radical (unpaired) electrons. The summed E-state index contributed by atoms with van der Waals surface area (Å²) in [5.41, 5.74) is 2.50. The molecule has 2 aromatic rings. The van der Waals surface area contributed by atoms with Gasteiger partial charge in [0.1, 0.15) is 5.75 Å². The number of ether oxygens (including phenoxy) is 1. The van der Waals surface area contributed by atoms with Crippen LogP contribution in [0.25, 0.3) is 0 Å². The van der Waals surface area contributed by atoms with Gasteiger partial charge in [-0.2, -0.15) is 0 Å². The normalized spacial score (nSPS) is 10.1. The van der Waals surface area contributed by atoms with Gasteiger partial charge in [0.25, 0.3) is 5.91 Å². The first kappa shape index (κ1) is 17.9. The van der Waals surface area contributed by atoms with Crippen LogP contribution in [0.1, 0.15) is 35.7 Å². The van der Waals surface area contributed by atoms with Crippen LogP contribution < -0.4 is 15.4 Å². The van der Waals surface area contributed by atoms with E-state index in [1.54, 1.807) is 24.3 Å². The lowest BCUT2D eigenvalue weighted by Gasteiger charge is -2.10. The summed E-state index contributed by atoms with van der Waals surface area (Å²) in [6, 6.07) is 14.8. The van der Waals surface area contributed by atoms with Gasteiger partial charge >= 0.3 is 0 Å². The molecule has 2 N–H and O–H groups in total. The monoisotopic (exact) mass is 342 g/mol. The Morgan fingerprint density at radius 2 is 1.92 bits per heavy atom. The van der Waals surface area contributed by atoms with E-state index in [0.717, 1.165) is 29.8 Å². The van der Waals surface area contributed by atoms with Crippen molar-refractivity contribution >= 4 is 28.9 Å². The van der Waals surface area contributed by atoms with E-state index in [2.05, 4.69) is 17.6 Å². The van der Waals surface area contributed by atoms with Crippen molar-refractivity contribution < 1.29 is 9.53 Å². The molecule has 1 amide bonds. The number of aryl methyl sites for hydroxylation is 1. The van der Waals surface area contributed by atoms with Crippen LogP contribution in [-0.4, -0.2) is 17.6 Å². The van der Waals surface area contributed by atoms with Crippen molar-refractivity contribution in [2.75, 3.05) is 11.9 Å². The van der Waals surface area contributed by atoms with E-state index in [0.29, 0.717) is 12.2 Å². The molecule has 24 heavy (non-hydrogen) atoms. The number of nitrogens with one attached hydrogen (secondary N) is 2. The molecule has 0 aliphatic rings. The Morgan fingerprint density at radius 1 is 1.17 bits per heavy atom. The highest BCUT2D eigenvalue weighted by Crippen LogP contribution is 2.13. The lowest BCUT2D eigenvalue weighted by molar-refractivity contribution is 0.0977. The SMILES string of the molecule is CCCCOc1ccc(C(=O)NC(=S)Nc2cccc(C)c2)cc1. The van der Waals surface area contributed by atoms with Gasteiger partial charge in [0.2, 0.25) is 0 Å². The van der Waals surface area contributed by atoms with E-state index in [-0.39, 0.29) is 11.0 Å². The van der Waals surface area contributed by atoms with Crippen LogP contribution in [0.2, 0.25) is 0 Å². The third-order valence-electron chi connectivity index (χ3n) is 3.39. The van der Waals surface area contributed by atoms with E-state index in [1.165, 1.54) is 0 Å². The summed E-state index contributed by atoms with van der Waals surface area (Å²) in [4.78, 5) is 12.2. The average molecular weight is 342 g/mol. The van der Waals surface area contributed by atoms with Crippen molar-refractivity contribution in [3.8, 4) is 5.75 Å². The maximum absolute atomic E-state index is 12.2. The standard InChI is InChI=1S/C19H22N2O2S/c1-3-4-12-23-17-10-8-15(9-11-17)18(22)21-19(24)20-16-7-5-6-14(2)13-16/h5-11,13H,3-4,12H2,1-2H3,(H2,20,21,22,24). The molecule has 126 valence electrons. The zero-order valence-electron chi connectivity index (χ0n) is 14.0. The fourth-order valence-electron chi connectivity index (χ4n) is 2.10.